The molecule has 2 aliphatic rings. The lowest BCUT2D eigenvalue weighted by atomic mass is 10.1. The molecule has 176 valence electrons. The zero-order valence-corrected chi connectivity index (χ0v) is 22.0. The van der Waals surface area contributed by atoms with Gasteiger partial charge in [0.1, 0.15) is 17.0 Å². The second kappa shape index (κ2) is 7.83. The van der Waals surface area contributed by atoms with Crippen molar-refractivity contribution in [1.29, 1.82) is 0 Å². The van der Waals surface area contributed by atoms with Gasteiger partial charge in [0, 0.05) is 17.0 Å². The van der Waals surface area contributed by atoms with Crippen LogP contribution in [-0.4, -0.2) is 58.1 Å². The summed E-state index contributed by atoms with van der Waals surface area (Å²) in [7, 11) is -2.75. The van der Waals surface area contributed by atoms with Gasteiger partial charge in [0.2, 0.25) is 5.95 Å². The Hall–Kier alpha value is -1.40. The highest BCUT2D eigenvalue weighted by Crippen LogP contribution is 2.58. The van der Waals surface area contributed by atoms with Crippen molar-refractivity contribution in [2.24, 2.45) is 0 Å². The molecule has 0 spiro atoms. The van der Waals surface area contributed by atoms with Crippen LogP contribution in [0.5, 0.6) is 0 Å². The number of thioether (sulfide) groups is 1. The van der Waals surface area contributed by atoms with Gasteiger partial charge in [0.05, 0.1) is 18.2 Å². The standard InChI is InChI=1S/C20H30ClN5O4SSi/c1-10(27)29-14-13-11(8-28-32(30-13,19(2,3)4)20(5,6)7)31-17(14)26-9-23-12-15(21)24-18(22)25-16(12)26/h9,11,13-14,17H,8H2,1-7H3,(H2,22,24,25)/t11-,13-,14-,17-/m1/s1. The molecule has 32 heavy (non-hydrogen) atoms. The van der Waals surface area contributed by atoms with Gasteiger partial charge < -0.3 is 19.3 Å². The number of anilines is 1. The Morgan fingerprint density at radius 3 is 2.53 bits per heavy atom. The number of hydrogen-bond donors (Lipinski definition) is 1. The number of hydrogen-bond acceptors (Lipinski definition) is 9. The molecule has 2 aliphatic heterocycles. The third-order valence-corrected chi connectivity index (χ3v) is 12.9. The lowest BCUT2D eigenvalue weighted by molar-refractivity contribution is -0.154. The minimum Gasteiger partial charge on any atom is -0.457 e. The first-order chi connectivity index (χ1) is 14.7. The second-order valence-electron chi connectivity index (χ2n) is 10.3. The molecule has 0 saturated carbocycles. The van der Waals surface area contributed by atoms with Gasteiger partial charge in [0.25, 0.3) is 0 Å². The third kappa shape index (κ3) is 3.71. The molecular weight excluding hydrogens is 470 g/mol. The highest BCUT2D eigenvalue weighted by molar-refractivity contribution is 8.00. The van der Waals surface area contributed by atoms with Gasteiger partial charge in [-0.05, 0) is 0 Å². The van der Waals surface area contributed by atoms with Crippen LogP contribution in [0.15, 0.2) is 6.33 Å². The fraction of sp³-hybridized carbons (Fsp3) is 0.700. The summed E-state index contributed by atoms with van der Waals surface area (Å²) in [6.07, 6.45) is 0.769. The van der Waals surface area contributed by atoms with Crippen molar-refractivity contribution in [3.8, 4) is 0 Å². The van der Waals surface area contributed by atoms with E-state index in [1.165, 1.54) is 6.92 Å². The van der Waals surface area contributed by atoms with E-state index in [1.807, 2.05) is 4.57 Å². The molecule has 2 fully saturated rings. The monoisotopic (exact) mass is 499 g/mol. The van der Waals surface area contributed by atoms with E-state index in [0.29, 0.717) is 17.8 Å². The number of nitrogens with zero attached hydrogens (tertiary/aromatic N) is 4. The van der Waals surface area contributed by atoms with Crippen LogP contribution in [0.1, 0.15) is 53.8 Å². The number of carbonyl (C=O) groups excluding carboxylic acids is 1. The first-order valence-corrected chi connectivity index (χ1v) is 13.7. The van der Waals surface area contributed by atoms with Crippen LogP contribution >= 0.6 is 23.4 Å². The quantitative estimate of drug-likeness (QED) is 0.371. The number of imidazole rings is 1. The average Bonchev–Trinajstić information content (AvgIpc) is 3.20. The van der Waals surface area contributed by atoms with Crippen LogP contribution in [0, 0.1) is 0 Å². The number of esters is 1. The SMILES string of the molecule is CC(=O)O[C@@H]1[C@@H]2O[Si](C(C)(C)C)(C(C)(C)C)OC[C@H]2S[C@H]1n1cnc2c(Cl)nc(N)nc21. The summed E-state index contributed by atoms with van der Waals surface area (Å²) in [5, 5.41) is -0.519. The summed E-state index contributed by atoms with van der Waals surface area (Å²) in [5.74, 6) is -0.313. The molecule has 0 unspecified atom stereocenters. The number of nitrogens with two attached hydrogens (primary N) is 1. The Labute approximate surface area is 198 Å². The molecule has 0 aromatic carbocycles. The van der Waals surface area contributed by atoms with Gasteiger partial charge >= 0.3 is 14.5 Å². The van der Waals surface area contributed by atoms with Crippen molar-refractivity contribution in [1.82, 2.24) is 19.5 Å². The highest BCUT2D eigenvalue weighted by atomic mass is 35.5. The molecule has 0 amide bonds. The summed E-state index contributed by atoms with van der Waals surface area (Å²) in [5.41, 5.74) is 6.78. The Kier molecular flexibility index (Phi) is 5.81. The molecule has 2 N–H and O–H groups in total. The van der Waals surface area contributed by atoms with E-state index in [-0.39, 0.29) is 43.9 Å². The molecule has 4 heterocycles. The Morgan fingerprint density at radius 2 is 1.94 bits per heavy atom. The van der Waals surface area contributed by atoms with Gasteiger partial charge in [0.15, 0.2) is 16.9 Å². The van der Waals surface area contributed by atoms with Gasteiger partial charge in [-0.15, -0.1) is 11.8 Å². The predicted octanol–water partition coefficient (Wildman–Crippen LogP) is 4.07. The molecule has 12 heteroatoms. The van der Waals surface area contributed by atoms with E-state index < -0.39 is 14.7 Å². The van der Waals surface area contributed by atoms with E-state index >= 15 is 0 Å². The summed E-state index contributed by atoms with van der Waals surface area (Å²) in [6, 6.07) is 0. The maximum Gasteiger partial charge on any atom is 0.349 e. The van der Waals surface area contributed by atoms with Crippen molar-refractivity contribution in [3.05, 3.63) is 11.5 Å². The Bertz CT molecular complexity index is 1040. The largest absolute Gasteiger partial charge is 0.457 e. The Balaban J connectivity index is 1.78. The fourth-order valence-electron chi connectivity index (χ4n) is 4.95. The van der Waals surface area contributed by atoms with Crippen LogP contribution < -0.4 is 5.73 Å². The van der Waals surface area contributed by atoms with E-state index in [9.17, 15) is 4.79 Å². The number of aromatic nitrogens is 4. The minimum atomic E-state index is -2.75. The summed E-state index contributed by atoms with van der Waals surface area (Å²) in [6.45, 7) is 14.9. The normalized spacial score (nSPS) is 28.0. The maximum absolute atomic E-state index is 12.1. The number of nitrogen functional groups attached to an aromatic ring is 1. The number of ether oxygens (including phenoxy) is 1. The highest BCUT2D eigenvalue weighted by Gasteiger charge is 2.65. The lowest BCUT2D eigenvalue weighted by Crippen LogP contribution is -2.65. The molecule has 9 nitrogen and oxygen atoms in total. The van der Waals surface area contributed by atoms with E-state index in [1.54, 1.807) is 18.1 Å². The molecule has 4 atom stereocenters. The summed E-state index contributed by atoms with van der Waals surface area (Å²) >= 11 is 7.85. The van der Waals surface area contributed by atoms with Crippen molar-refractivity contribution >= 4 is 55.0 Å². The number of fused-ring (bicyclic) bond motifs is 2. The molecule has 4 rings (SSSR count). The molecule has 0 aliphatic carbocycles. The topological polar surface area (TPSA) is 114 Å². The first-order valence-electron chi connectivity index (χ1n) is 10.6. The lowest BCUT2D eigenvalue weighted by Gasteiger charge is -2.54. The summed E-state index contributed by atoms with van der Waals surface area (Å²) < 4.78 is 21.3. The number of halogens is 1. The molecule has 0 bridgehead atoms. The van der Waals surface area contributed by atoms with E-state index in [4.69, 9.17) is 30.9 Å². The van der Waals surface area contributed by atoms with E-state index in [2.05, 4.69) is 56.5 Å². The zero-order chi connectivity index (χ0) is 23.6. The first kappa shape index (κ1) is 23.7. The molecule has 2 aromatic rings. The number of rotatable bonds is 2. The third-order valence-electron chi connectivity index (χ3n) is 5.99. The molecule has 0 radical (unpaired) electrons. The molecule has 2 saturated heterocycles. The smallest absolute Gasteiger partial charge is 0.349 e. The molecular formula is C20H30ClN5O4SSi. The predicted molar refractivity (Wildman–Crippen MR) is 127 cm³/mol. The average molecular weight is 500 g/mol. The zero-order valence-electron chi connectivity index (χ0n) is 19.4. The fourth-order valence-corrected chi connectivity index (χ4v) is 11.9. The van der Waals surface area contributed by atoms with Gasteiger partial charge in [-0.2, -0.15) is 9.97 Å². The molecule has 2 aromatic heterocycles. The van der Waals surface area contributed by atoms with Crippen molar-refractivity contribution in [2.45, 2.75) is 81.4 Å². The van der Waals surface area contributed by atoms with Gasteiger partial charge in [-0.25, -0.2) is 4.98 Å². The minimum absolute atomic E-state index is 0.0122. The van der Waals surface area contributed by atoms with Gasteiger partial charge in [-0.3, -0.25) is 9.36 Å². The van der Waals surface area contributed by atoms with Crippen molar-refractivity contribution < 1.29 is 18.4 Å². The van der Waals surface area contributed by atoms with Crippen LogP contribution in [0.25, 0.3) is 11.2 Å². The van der Waals surface area contributed by atoms with Crippen molar-refractivity contribution in [3.63, 3.8) is 0 Å². The van der Waals surface area contributed by atoms with Crippen LogP contribution in [0.4, 0.5) is 5.95 Å². The van der Waals surface area contributed by atoms with E-state index in [0.717, 1.165) is 0 Å². The second-order valence-corrected chi connectivity index (χ2v) is 16.8. The van der Waals surface area contributed by atoms with Crippen LogP contribution in [0.3, 0.4) is 0 Å². The van der Waals surface area contributed by atoms with Gasteiger partial charge in [-0.1, -0.05) is 53.1 Å². The Morgan fingerprint density at radius 1 is 1.28 bits per heavy atom. The van der Waals surface area contributed by atoms with Crippen LogP contribution in [0.2, 0.25) is 15.2 Å². The van der Waals surface area contributed by atoms with Crippen molar-refractivity contribution in [2.75, 3.05) is 12.3 Å². The number of carbonyl (C=O) groups is 1. The summed E-state index contributed by atoms with van der Waals surface area (Å²) in [4.78, 5) is 24.8. The van der Waals surface area contributed by atoms with Crippen LogP contribution in [-0.2, 0) is 18.4 Å². The maximum atomic E-state index is 12.1.